The maximum absolute atomic E-state index is 13.2. The van der Waals surface area contributed by atoms with Gasteiger partial charge >= 0.3 is 0 Å². The third kappa shape index (κ3) is 5.96. The summed E-state index contributed by atoms with van der Waals surface area (Å²) in [5.74, 6) is 0.729. The van der Waals surface area contributed by atoms with Gasteiger partial charge in [0.05, 0.1) is 13.2 Å². The molecule has 34 heavy (non-hydrogen) atoms. The normalized spacial score (nSPS) is 15.8. The molecule has 0 aliphatic carbocycles. The third-order valence-electron chi connectivity index (χ3n) is 6.52. The number of unbranched alkanes of at least 4 members (excludes halogenated alkanes) is 1. The second-order valence-electron chi connectivity index (χ2n) is 9.06. The maximum atomic E-state index is 13.2. The molecule has 2 aromatic carbocycles. The van der Waals surface area contributed by atoms with Crippen molar-refractivity contribution in [1.82, 2.24) is 14.7 Å². The van der Waals surface area contributed by atoms with Gasteiger partial charge < -0.3 is 19.3 Å². The van der Waals surface area contributed by atoms with Crippen molar-refractivity contribution in [2.45, 2.75) is 32.9 Å². The molecule has 0 atom stereocenters. The number of carbonyl (C=O) groups excluding carboxylic acids is 2. The van der Waals surface area contributed by atoms with E-state index >= 15 is 0 Å². The van der Waals surface area contributed by atoms with Crippen LogP contribution in [0.5, 0.6) is 5.75 Å². The highest BCUT2D eigenvalue weighted by molar-refractivity contribution is 5.99. The number of hydrogen-bond donors (Lipinski definition) is 0. The van der Waals surface area contributed by atoms with Crippen LogP contribution < -0.4 is 4.74 Å². The first-order chi connectivity index (χ1) is 16.5. The van der Waals surface area contributed by atoms with Crippen LogP contribution in [0.2, 0.25) is 0 Å². The summed E-state index contributed by atoms with van der Waals surface area (Å²) in [7, 11) is 1.81. The van der Waals surface area contributed by atoms with E-state index < -0.39 is 0 Å². The second kappa shape index (κ2) is 11.5. The fourth-order valence-electron chi connectivity index (χ4n) is 4.41. The topological polar surface area (TPSA) is 62.3 Å². The van der Waals surface area contributed by atoms with E-state index in [9.17, 15) is 9.59 Å². The molecule has 2 aliphatic rings. The molecule has 0 bridgehead atoms. The van der Waals surface area contributed by atoms with E-state index in [-0.39, 0.29) is 11.8 Å². The van der Waals surface area contributed by atoms with Crippen molar-refractivity contribution in [1.29, 1.82) is 0 Å². The first kappa shape index (κ1) is 24.2. The van der Waals surface area contributed by atoms with Gasteiger partial charge in [0.25, 0.3) is 11.8 Å². The molecule has 2 aliphatic heterocycles. The summed E-state index contributed by atoms with van der Waals surface area (Å²) >= 11 is 0. The third-order valence-corrected chi connectivity index (χ3v) is 6.52. The number of morpholine rings is 1. The number of fused-ring (bicyclic) bond motifs is 1. The Kier molecular flexibility index (Phi) is 8.19. The largest absolute Gasteiger partial charge is 0.492 e. The lowest BCUT2D eigenvalue weighted by atomic mass is 10.1. The second-order valence-corrected chi connectivity index (χ2v) is 9.06. The molecule has 1 saturated heterocycles. The average molecular weight is 466 g/mol. The van der Waals surface area contributed by atoms with E-state index in [1.165, 1.54) is 0 Å². The Bertz CT molecular complexity index is 1000. The zero-order valence-electron chi connectivity index (χ0n) is 20.3. The molecule has 2 aromatic rings. The van der Waals surface area contributed by atoms with E-state index in [0.29, 0.717) is 37.4 Å². The number of hydrogen-bond acceptors (Lipinski definition) is 5. The van der Waals surface area contributed by atoms with Crippen LogP contribution in [0.3, 0.4) is 0 Å². The molecule has 0 unspecified atom stereocenters. The van der Waals surface area contributed by atoms with Crippen LogP contribution in [0.4, 0.5) is 0 Å². The Morgan fingerprint density at radius 2 is 1.79 bits per heavy atom. The SMILES string of the molecule is CCCCN(C)C(=O)c1cccc(C(=O)N2Cc3ccc(OCCN4CCOCC4)cc3C2)c1. The summed E-state index contributed by atoms with van der Waals surface area (Å²) in [5, 5.41) is 0. The number of nitrogens with zero attached hydrogens (tertiary/aromatic N) is 3. The minimum absolute atomic E-state index is 0.0494. The van der Waals surface area contributed by atoms with Crippen molar-refractivity contribution in [3.05, 3.63) is 64.7 Å². The van der Waals surface area contributed by atoms with Gasteiger partial charge in [0.1, 0.15) is 12.4 Å². The first-order valence-electron chi connectivity index (χ1n) is 12.2. The molecule has 2 amide bonds. The van der Waals surface area contributed by atoms with Crippen LogP contribution in [0, 0.1) is 0 Å². The van der Waals surface area contributed by atoms with Gasteiger partial charge in [0.2, 0.25) is 0 Å². The standard InChI is InChI=1S/C27H35N3O4/c1-3-4-10-28(2)26(31)21-6-5-7-22(17-21)27(32)30-19-23-8-9-25(18-24(23)20-30)34-16-13-29-11-14-33-15-12-29/h5-9,17-18H,3-4,10-16,19-20H2,1-2H3. The summed E-state index contributed by atoms with van der Waals surface area (Å²) in [6.45, 7) is 8.92. The van der Waals surface area contributed by atoms with Crippen molar-refractivity contribution in [3.63, 3.8) is 0 Å². The van der Waals surface area contributed by atoms with Crippen molar-refractivity contribution in [3.8, 4) is 5.75 Å². The van der Waals surface area contributed by atoms with Gasteiger partial charge in [0.15, 0.2) is 0 Å². The van der Waals surface area contributed by atoms with Gasteiger partial charge in [0, 0.05) is 57.4 Å². The molecule has 0 radical (unpaired) electrons. The van der Waals surface area contributed by atoms with E-state index in [1.54, 1.807) is 29.2 Å². The quantitative estimate of drug-likeness (QED) is 0.568. The van der Waals surface area contributed by atoms with Gasteiger partial charge in [-0.1, -0.05) is 25.5 Å². The number of rotatable bonds is 9. The molecule has 7 heteroatoms. The molecule has 1 fully saturated rings. The van der Waals surface area contributed by atoms with Crippen LogP contribution >= 0.6 is 0 Å². The fraction of sp³-hybridized carbons (Fsp3) is 0.481. The van der Waals surface area contributed by atoms with E-state index in [1.807, 2.05) is 24.1 Å². The molecule has 0 N–H and O–H groups in total. The lowest BCUT2D eigenvalue weighted by Gasteiger charge is -2.26. The molecule has 182 valence electrons. The monoisotopic (exact) mass is 465 g/mol. The number of benzene rings is 2. The smallest absolute Gasteiger partial charge is 0.254 e. The molecule has 0 saturated carbocycles. The Balaban J connectivity index is 1.34. The van der Waals surface area contributed by atoms with Gasteiger partial charge in [-0.3, -0.25) is 14.5 Å². The summed E-state index contributed by atoms with van der Waals surface area (Å²) in [4.78, 5) is 31.8. The predicted octanol–water partition coefficient (Wildman–Crippen LogP) is 3.43. The van der Waals surface area contributed by atoms with E-state index in [0.717, 1.165) is 62.6 Å². The Hall–Kier alpha value is -2.90. The first-order valence-corrected chi connectivity index (χ1v) is 12.2. The van der Waals surface area contributed by atoms with Crippen molar-refractivity contribution < 1.29 is 19.1 Å². The molecular weight excluding hydrogens is 430 g/mol. The van der Waals surface area contributed by atoms with Crippen LogP contribution in [0.1, 0.15) is 51.6 Å². The molecule has 0 spiro atoms. The lowest BCUT2D eigenvalue weighted by Crippen LogP contribution is -2.38. The van der Waals surface area contributed by atoms with Gasteiger partial charge in [-0.15, -0.1) is 0 Å². The number of carbonyl (C=O) groups is 2. The summed E-state index contributed by atoms with van der Waals surface area (Å²) in [5.41, 5.74) is 3.35. The number of ether oxygens (including phenoxy) is 2. The fourth-order valence-corrected chi connectivity index (χ4v) is 4.41. The molecule has 7 nitrogen and oxygen atoms in total. The molecular formula is C27H35N3O4. The lowest BCUT2D eigenvalue weighted by molar-refractivity contribution is 0.0322. The van der Waals surface area contributed by atoms with E-state index in [4.69, 9.17) is 9.47 Å². The molecule has 0 aromatic heterocycles. The van der Waals surface area contributed by atoms with Crippen LogP contribution in [-0.2, 0) is 17.8 Å². The Labute approximate surface area is 202 Å². The predicted molar refractivity (Wildman–Crippen MR) is 131 cm³/mol. The molecule has 2 heterocycles. The van der Waals surface area contributed by atoms with Crippen LogP contribution in [-0.4, -0.2) is 79.6 Å². The average Bonchev–Trinajstić information content (AvgIpc) is 3.30. The Morgan fingerprint density at radius 3 is 2.59 bits per heavy atom. The van der Waals surface area contributed by atoms with E-state index in [2.05, 4.69) is 17.9 Å². The Morgan fingerprint density at radius 1 is 1.03 bits per heavy atom. The van der Waals surface area contributed by atoms with Gasteiger partial charge in [-0.25, -0.2) is 0 Å². The summed E-state index contributed by atoms with van der Waals surface area (Å²) < 4.78 is 11.4. The van der Waals surface area contributed by atoms with Crippen molar-refractivity contribution >= 4 is 11.8 Å². The van der Waals surface area contributed by atoms with Crippen molar-refractivity contribution in [2.24, 2.45) is 0 Å². The van der Waals surface area contributed by atoms with Crippen molar-refractivity contribution in [2.75, 3.05) is 53.0 Å². The van der Waals surface area contributed by atoms with Crippen LogP contribution in [0.15, 0.2) is 42.5 Å². The summed E-state index contributed by atoms with van der Waals surface area (Å²) in [6.07, 6.45) is 2.00. The highest BCUT2D eigenvalue weighted by Gasteiger charge is 2.25. The minimum Gasteiger partial charge on any atom is -0.492 e. The highest BCUT2D eigenvalue weighted by Crippen LogP contribution is 2.28. The maximum Gasteiger partial charge on any atom is 0.254 e. The summed E-state index contributed by atoms with van der Waals surface area (Å²) in [6, 6.07) is 13.2. The highest BCUT2D eigenvalue weighted by atomic mass is 16.5. The van der Waals surface area contributed by atoms with Gasteiger partial charge in [-0.05, 0) is 47.9 Å². The molecule has 4 rings (SSSR count). The minimum atomic E-state index is -0.0585. The van der Waals surface area contributed by atoms with Crippen LogP contribution in [0.25, 0.3) is 0 Å². The number of amides is 2. The zero-order chi connectivity index (χ0) is 23.9. The van der Waals surface area contributed by atoms with Gasteiger partial charge in [-0.2, -0.15) is 0 Å². The zero-order valence-corrected chi connectivity index (χ0v) is 20.3.